The van der Waals surface area contributed by atoms with Gasteiger partial charge in [0.25, 0.3) is 0 Å². The fourth-order valence-electron chi connectivity index (χ4n) is 1.30. The van der Waals surface area contributed by atoms with Gasteiger partial charge in [0.2, 0.25) is 0 Å². The van der Waals surface area contributed by atoms with Gasteiger partial charge in [-0.05, 0) is 28.9 Å². The van der Waals surface area contributed by atoms with Gasteiger partial charge in [0, 0.05) is 13.7 Å². The molecule has 1 rings (SSSR count). The van der Waals surface area contributed by atoms with Gasteiger partial charge >= 0.3 is 0 Å². The van der Waals surface area contributed by atoms with E-state index in [1.807, 2.05) is 6.07 Å². The first kappa shape index (κ1) is 13.7. The average Bonchev–Trinajstić information content (AvgIpc) is 2.69. The summed E-state index contributed by atoms with van der Waals surface area (Å²) in [6, 6.07) is 2.07. The Kier molecular flexibility index (Phi) is 6.71. The number of nitrogens with one attached hydrogen (secondary N) is 1. The molecule has 1 N–H and O–H groups in total. The molecule has 1 aromatic heterocycles. The number of ether oxygens (including phenoxy) is 2. The van der Waals surface area contributed by atoms with E-state index in [1.165, 1.54) is 0 Å². The number of furan rings is 1. The molecule has 1 unspecified atom stereocenters. The summed E-state index contributed by atoms with van der Waals surface area (Å²) in [4.78, 5) is 0. The summed E-state index contributed by atoms with van der Waals surface area (Å²) in [5.41, 5.74) is 0. The molecule has 0 saturated heterocycles. The molecule has 0 fully saturated rings. The fourth-order valence-corrected chi connectivity index (χ4v) is 1.84. The zero-order valence-corrected chi connectivity index (χ0v) is 11.2. The second-order valence-corrected chi connectivity index (χ2v) is 4.27. The van der Waals surface area contributed by atoms with Gasteiger partial charge in [-0.1, -0.05) is 0 Å². The van der Waals surface area contributed by atoms with Crippen LogP contribution < -0.4 is 5.32 Å². The van der Waals surface area contributed by atoms with Gasteiger partial charge in [0.1, 0.15) is 5.76 Å². The highest BCUT2D eigenvalue weighted by molar-refractivity contribution is 9.10. The Hall–Kier alpha value is -0.360. The van der Waals surface area contributed by atoms with Crippen LogP contribution in [0.1, 0.15) is 18.7 Å². The second kappa shape index (κ2) is 7.84. The third kappa shape index (κ3) is 4.65. The first-order chi connectivity index (χ1) is 7.75. The number of halogens is 1. The summed E-state index contributed by atoms with van der Waals surface area (Å²) >= 11 is 3.43. The number of hydrogen-bond donors (Lipinski definition) is 1. The van der Waals surface area contributed by atoms with Crippen molar-refractivity contribution in [3.05, 3.63) is 22.6 Å². The minimum atomic E-state index is 0.176. The van der Waals surface area contributed by atoms with Crippen molar-refractivity contribution in [1.29, 1.82) is 0 Å². The lowest BCUT2D eigenvalue weighted by molar-refractivity contribution is 0.0710. The van der Waals surface area contributed by atoms with Gasteiger partial charge in [-0.25, -0.2) is 0 Å². The monoisotopic (exact) mass is 291 g/mol. The first-order valence-electron chi connectivity index (χ1n) is 5.28. The number of hydrogen-bond acceptors (Lipinski definition) is 4. The van der Waals surface area contributed by atoms with Gasteiger partial charge in [0.15, 0.2) is 0 Å². The quantitative estimate of drug-likeness (QED) is 0.747. The van der Waals surface area contributed by atoms with E-state index in [0.717, 1.165) is 16.8 Å². The van der Waals surface area contributed by atoms with Crippen LogP contribution in [-0.4, -0.2) is 33.5 Å². The molecule has 16 heavy (non-hydrogen) atoms. The van der Waals surface area contributed by atoms with E-state index in [4.69, 9.17) is 13.9 Å². The molecule has 0 aliphatic heterocycles. The summed E-state index contributed by atoms with van der Waals surface area (Å²) in [5.74, 6) is 0.914. The van der Waals surface area contributed by atoms with E-state index < -0.39 is 0 Å². The molecular weight excluding hydrogens is 274 g/mol. The number of methoxy groups -OCH3 is 1. The van der Waals surface area contributed by atoms with Crippen LogP contribution in [0.15, 0.2) is 21.2 Å². The van der Waals surface area contributed by atoms with Crippen LogP contribution >= 0.6 is 15.9 Å². The van der Waals surface area contributed by atoms with Gasteiger partial charge in [-0.15, -0.1) is 0 Å². The Morgan fingerprint density at radius 1 is 1.44 bits per heavy atom. The molecule has 0 aliphatic rings. The minimum absolute atomic E-state index is 0.176. The topological polar surface area (TPSA) is 43.6 Å². The van der Waals surface area contributed by atoms with Crippen molar-refractivity contribution in [2.75, 3.05) is 33.5 Å². The number of rotatable bonds is 8. The molecule has 1 aromatic rings. The van der Waals surface area contributed by atoms with Gasteiger partial charge in [-0.2, -0.15) is 0 Å². The van der Waals surface area contributed by atoms with Crippen molar-refractivity contribution in [2.45, 2.75) is 13.0 Å². The van der Waals surface area contributed by atoms with Crippen LogP contribution in [0.5, 0.6) is 0 Å². The van der Waals surface area contributed by atoms with Crippen molar-refractivity contribution in [3.8, 4) is 0 Å². The highest BCUT2D eigenvalue weighted by Gasteiger charge is 2.11. The molecule has 0 aliphatic carbocycles. The van der Waals surface area contributed by atoms with Gasteiger partial charge in [-0.3, -0.25) is 0 Å². The minimum Gasteiger partial charge on any atom is -0.466 e. The molecule has 4 nitrogen and oxygen atoms in total. The lowest BCUT2D eigenvalue weighted by atomic mass is 10.2. The van der Waals surface area contributed by atoms with Crippen molar-refractivity contribution in [1.82, 2.24) is 5.32 Å². The molecule has 5 heteroatoms. The SMILES string of the molecule is COCCOCCNC(C)c1occc1Br. The maximum absolute atomic E-state index is 5.35. The van der Waals surface area contributed by atoms with E-state index >= 15 is 0 Å². The third-order valence-electron chi connectivity index (χ3n) is 2.17. The van der Waals surface area contributed by atoms with Crippen LogP contribution in [0.4, 0.5) is 0 Å². The smallest absolute Gasteiger partial charge is 0.134 e. The van der Waals surface area contributed by atoms with E-state index in [9.17, 15) is 0 Å². The van der Waals surface area contributed by atoms with Crippen molar-refractivity contribution < 1.29 is 13.9 Å². The Labute approximate surface area is 104 Å². The summed E-state index contributed by atoms with van der Waals surface area (Å²) in [6.07, 6.45) is 1.67. The zero-order valence-electron chi connectivity index (χ0n) is 9.66. The Bertz CT molecular complexity index is 291. The first-order valence-corrected chi connectivity index (χ1v) is 6.08. The van der Waals surface area contributed by atoms with E-state index in [1.54, 1.807) is 13.4 Å². The van der Waals surface area contributed by atoms with E-state index in [0.29, 0.717) is 19.8 Å². The van der Waals surface area contributed by atoms with Gasteiger partial charge in [0.05, 0.1) is 36.6 Å². The lowest BCUT2D eigenvalue weighted by Crippen LogP contribution is -2.23. The van der Waals surface area contributed by atoms with Crippen LogP contribution in [0.25, 0.3) is 0 Å². The Morgan fingerprint density at radius 3 is 2.88 bits per heavy atom. The summed E-state index contributed by atoms with van der Waals surface area (Å²) in [7, 11) is 1.66. The molecular formula is C11H18BrNO3. The molecule has 0 bridgehead atoms. The molecule has 0 spiro atoms. The Morgan fingerprint density at radius 2 is 2.25 bits per heavy atom. The molecule has 1 atom stereocenters. The fraction of sp³-hybridized carbons (Fsp3) is 0.636. The predicted molar refractivity (Wildman–Crippen MR) is 65.5 cm³/mol. The van der Waals surface area contributed by atoms with Crippen molar-refractivity contribution in [3.63, 3.8) is 0 Å². The lowest BCUT2D eigenvalue weighted by Gasteiger charge is -2.12. The Balaban J connectivity index is 2.11. The highest BCUT2D eigenvalue weighted by Crippen LogP contribution is 2.23. The highest BCUT2D eigenvalue weighted by atomic mass is 79.9. The van der Waals surface area contributed by atoms with Crippen LogP contribution in [0, 0.1) is 0 Å². The normalized spacial score (nSPS) is 12.9. The molecule has 0 radical (unpaired) electrons. The van der Waals surface area contributed by atoms with Crippen molar-refractivity contribution >= 4 is 15.9 Å². The largest absolute Gasteiger partial charge is 0.466 e. The molecule has 1 heterocycles. The third-order valence-corrected chi connectivity index (χ3v) is 2.82. The van der Waals surface area contributed by atoms with Crippen molar-refractivity contribution in [2.24, 2.45) is 0 Å². The van der Waals surface area contributed by atoms with Crippen LogP contribution in [0.2, 0.25) is 0 Å². The van der Waals surface area contributed by atoms with E-state index in [-0.39, 0.29) is 6.04 Å². The summed E-state index contributed by atoms with van der Waals surface area (Å²) < 4.78 is 16.6. The standard InChI is InChI=1S/C11H18BrNO3/c1-9(11-10(12)3-5-16-11)13-4-6-15-8-7-14-2/h3,5,9,13H,4,6-8H2,1-2H3. The van der Waals surface area contributed by atoms with E-state index in [2.05, 4.69) is 28.2 Å². The average molecular weight is 292 g/mol. The van der Waals surface area contributed by atoms with Crippen LogP contribution in [-0.2, 0) is 9.47 Å². The summed E-state index contributed by atoms with van der Waals surface area (Å²) in [6.45, 7) is 4.79. The maximum atomic E-state index is 5.35. The maximum Gasteiger partial charge on any atom is 0.134 e. The molecule has 0 aromatic carbocycles. The zero-order chi connectivity index (χ0) is 11.8. The summed E-state index contributed by atoms with van der Waals surface area (Å²) in [5, 5.41) is 3.31. The van der Waals surface area contributed by atoms with Crippen LogP contribution in [0.3, 0.4) is 0 Å². The molecule has 92 valence electrons. The predicted octanol–water partition coefficient (Wildman–Crippen LogP) is 2.36. The molecule has 0 amide bonds. The second-order valence-electron chi connectivity index (χ2n) is 3.41. The molecule has 0 saturated carbocycles. The van der Waals surface area contributed by atoms with Gasteiger partial charge < -0.3 is 19.2 Å².